The molecule has 0 aliphatic heterocycles. The number of unbranched alkanes of at least 4 members (excludes halogenated alkanes) is 3. The molecule has 0 radical (unpaired) electrons. The monoisotopic (exact) mass is 444 g/mol. The molecule has 1 aromatic carbocycles. The number of carbonyl (C=O) groups is 1. The Hall–Kier alpha value is -1.95. The van der Waals surface area contributed by atoms with Gasteiger partial charge in [-0.2, -0.15) is 0 Å². The maximum atomic E-state index is 11.5. The summed E-state index contributed by atoms with van der Waals surface area (Å²) in [5, 5.41) is 31.3. The Morgan fingerprint density at radius 3 is 2.44 bits per heavy atom. The Bertz CT molecular complexity index is 687. The van der Waals surface area contributed by atoms with Crippen molar-refractivity contribution in [3.63, 3.8) is 0 Å². The third kappa shape index (κ3) is 9.68. The second-order valence-corrected chi connectivity index (χ2v) is 8.96. The first kappa shape index (κ1) is 26.3. The summed E-state index contributed by atoms with van der Waals surface area (Å²) in [4.78, 5) is 11.5. The molecule has 3 N–H and O–H groups in total. The third-order valence-electron chi connectivity index (χ3n) is 6.55. The van der Waals surface area contributed by atoms with Crippen molar-refractivity contribution in [2.24, 2.45) is 11.8 Å². The number of rotatable bonds is 15. The molecule has 0 spiro atoms. The zero-order chi connectivity index (χ0) is 23.2. The molecule has 5 heteroatoms. The number of aryl methyl sites for hydroxylation is 1. The molecule has 1 fully saturated rings. The van der Waals surface area contributed by atoms with Gasteiger partial charge in [-0.15, -0.1) is 0 Å². The van der Waals surface area contributed by atoms with E-state index in [9.17, 15) is 20.1 Å². The summed E-state index contributed by atoms with van der Waals surface area (Å²) in [6, 6.07) is 10.2. The number of carbonyl (C=O) groups excluding carboxylic acids is 1. The minimum absolute atomic E-state index is 0.0444. The van der Waals surface area contributed by atoms with Gasteiger partial charge in [0.15, 0.2) is 0 Å². The highest BCUT2D eigenvalue weighted by atomic mass is 16.5. The van der Waals surface area contributed by atoms with E-state index >= 15 is 0 Å². The molecule has 2 rings (SSSR count). The fraction of sp³-hybridized carbons (Fsp3) is 0.593. The van der Waals surface area contributed by atoms with Crippen LogP contribution in [0, 0.1) is 11.8 Å². The first-order valence-corrected chi connectivity index (χ1v) is 12.1. The van der Waals surface area contributed by atoms with E-state index in [1.165, 1.54) is 11.8 Å². The van der Waals surface area contributed by atoms with Gasteiger partial charge in [-0.25, -0.2) is 0 Å². The standard InChI is InChI=1S/C27H40O5/c1-2-3-19-32-27(31)14-10-5-4-9-13-23-24(26(30)20-25(23)29)18-17-22(28)16-15-21-11-7-6-8-12-21/h2-3,6-8,11-12,19,22-26,28-30H,1,4-5,9-10,13-18,20H2/t22-,23+,24+,25-,26+/m0/s1. The first-order valence-electron chi connectivity index (χ1n) is 12.1. The van der Waals surface area contributed by atoms with Crippen LogP contribution in [0.15, 0.2) is 55.3 Å². The van der Waals surface area contributed by atoms with Crippen LogP contribution in [0.1, 0.15) is 69.8 Å². The van der Waals surface area contributed by atoms with Crippen molar-refractivity contribution >= 4 is 5.97 Å². The molecule has 5 atom stereocenters. The van der Waals surface area contributed by atoms with Crippen LogP contribution in [-0.2, 0) is 16.0 Å². The van der Waals surface area contributed by atoms with Gasteiger partial charge in [-0.05, 0) is 68.4 Å². The van der Waals surface area contributed by atoms with E-state index < -0.39 is 12.2 Å². The minimum atomic E-state index is -0.491. The zero-order valence-electron chi connectivity index (χ0n) is 19.1. The third-order valence-corrected chi connectivity index (χ3v) is 6.55. The number of aliphatic hydroxyl groups excluding tert-OH is 3. The van der Waals surface area contributed by atoms with E-state index in [-0.39, 0.29) is 23.9 Å². The van der Waals surface area contributed by atoms with Crippen LogP contribution in [-0.4, -0.2) is 39.6 Å². The first-order chi connectivity index (χ1) is 15.5. The van der Waals surface area contributed by atoms with Crippen LogP contribution in [0.3, 0.4) is 0 Å². The van der Waals surface area contributed by atoms with Crippen LogP contribution in [0.2, 0.25) is 0 Å². The molecule has 0 saturated heterocycles. The van der Waals surface area contributed by atoms with E-state index in [0.29, 0.717) is 25.7 Å². The predicted octanol–water partition coefficient (Wildman–Crippen LogP) is 4.70. The van der Waals surface area contributed by atoms with E-state index in [4.69, 9.17) is 4.74 Å². The lowest BCUT2D eigenvalue weighted by molar-refractivity contribution is -0.138. The van der Waals surface area contributed by atoms with Gasteiger partial charge in [-0.1, -0.05) is 62.2 Å². The lowest BCUT2D eigenvalue weighted by Gasteiger charge is -2.24. The number of hydrogen-bond acceptors (Lipinski definition) is 5. The Labute approximate surface area is 192 Å². The highest BCUT2D eigenvalue weighted by molar-refractivity contribution is 5.69. The summed E-state index contributed by atoms with van der Waals surface area (Å²) in [6.45, 7) is 3.52. The number of benzene rings is 1. The normalized spacial score (nSPS) is 24.0. The SMILES string of the molecule is C=CC=COC(=O)CCCCCC[C@@H]1[C@@H](CC[C@@H](O)CCc2ccccc2)[C@H](O)C[C@@H]1O. The molecule has 0 aromatic heterocycles. The van der Waals surface area contributed by atoms with Gasteiger partial charge in [0.05, 0.1) is 24.6 Å². The Kier molecular flexibility index (Phi) is 12.3. The number of ether oxygens (including phenoxy) is 1. The molecule has 0 unspecified atom stereocenters. The van der Waals surface area contributed by atoms with Crippen LogP contribution < -0.4 is 0 Å². The fourth-order valence-corrected chi connectivity index (χ4v) is 4.72. The fourth-order valence-electron chi connectivity index (χ4n) is 4.72. The van der Waals surface area contributed by atoms with Gasteiger partial charge in [0.1, 0.15) is 0 Å². The summed E-state index contributed by atoms with van der Waals surface area (Å²) in [5.41, 5.74) is 1.22. The van der Waals surface area contributed by atoms with Crippen LogP contribution >= 0.6 is 0 Å². The average Bonchev–Trinajstić information content (AvgIpc) is 3.06. The second-order valence-electron chi connectivity index (χ2n) is 8.96. The molecule has 5 nitrogen and oxygen atoms in total. The molecule has 1 aliphatic carbocycles. The van der Waals surface area contributed by atoms with Crippen molar-refractivity contribution in [1.29, 1.82) is 0 Å². The van der Waals surface area contributed by atoms with Crippen LogP contribution in [0.4, 0.5) is 0 Å². The lowest BCUT2D eigenvalue weighted by atomic mass is 9.84. The Balaban J connectivity index is 1.64. The highest BCUT2D eigenvalue weighted by Gasteiger charge is 2.40. The largest absolute Gasteiger partial charge is 0.434 e. The molecule has 0 heterocycles. The van der Waals surface area contributed by atoms with Crippen molar-refractivity contribution in [3.8, 4) is 0 Å². The molecule has 1 aromatic rings. The number of allylic oxidation sites excluding steroid dienone is 2. The maximum absolute atomic E-state index is 11.5. The molecule has 178 valence electrons. The Morgan fingerprint density at radius 1 is 1.03 bits per heavy atom. The summed E-state index contributed by atoms with van der Waals surface area (Å²) in [5.74, 6) is -0.105. The van der Waals surface area contributed by atoms with E-state index in [2.05, 4.69) is 18.7 Å². The van der Waals surface area contributed by atoms with E-state index in [1.54, 1.807) is 12.2 Å². The van der Waals surface area contributed by atoms with Gasteiger partial charge >= 0.3 is 5.97 Å². The molecular formula is C27H40O5. The molecule has 1 aliphatic rings. The van der Waals surface area contributed by atoms with E-state index in [1.807, 2.05) is 18.2 Å². The highest BCUT2D eigenvalue weighted by Crippen LogP contribution is 2.39. The summed E-state index contributed by atoms with van der Waals surface area (Å²) < 4.78 is 4.93. The van der Waals surface area contributed by atoms with Crippen molar-refractivity contribution in [3.05, 3.63) is 60.9 Å². The molecule has 0 amide bonds. The van der Waals surface area contributed by atoms with Gasteiger partial charge in [0.25, 0.3) is 0 Å². The number of esters is 1. The van der Waals surface area contributed by atoms with Crippen LogP contribution in [0.5, 0.6) is 0 Å². The van der Waals surface area contributed by atoms with Gasteiger partial charge in [0, 0.05) is 6.42 Å². The van der Waals surface area contributed by atoms with Gasteiger partial charge in [0.2, 0.25) is 0 Å². The summed E-state index contributed by atoms with van der Waals surface area (Å²) >= 11 is 0. The number of hydrogen-bond donors (Lipinski definition) is 3. The molecule has 32 heavy (non-hydrogen) atoms. The van der Waals surface area contributed by atoms with Gasteiger partial charge in [-0.3, -0.25) is 4.79 Å². The molecular weight excluding hydrogens is 404 g/mol. The molecule has 0 bridgehead atoms. The Morgan fingerprint density at radius 2 is 1.72 bits per heavy atom. The van der Waals surface area contributed by atoms with Crippen molar-refractivity contribution in [2.45, 2.75) is 88.9 Å². The molecule has 1 saturated carbocycles. The van der Waals surface area contributed by atoms with Crippen molar-refractivity contribution < 1.29 is 24.9 Å². The predicted molar refractivity (Wildman–Crippen MR) is 127 cm³/mol. The topological polar surface area (TPSA) is 87.0 Å². The lowest BCUT2D eigenvalue weighted by Crippen LogP contribution is -2.24. The van der Waals surface area contributed by atoms with Crippen molar-refractivity contribution in [1.82, 2.24) is 0 Å². The van der Waals surface area contributed by atoms with Crippen LogP contribution in [0.25, 0.3) is 0 Å². The maximum Gasteiger partial charge on any atom is 0.310 e. The number of aliphatic hydroxyl groups is 3. The second kappa shape index (κ2) is 15.0. The smallest absolute Gasteiger partial charge is 0.310 e. The average molecular weight is 445 g/mol. The quantitative estimate of drug-likeness (QED) is 0.158. The van der Waals surface area contributed by atoms with Crippen molar-refractivity contribution in [2.75, 3.05) is 0 Å². The van der Waals surface area contributed by atoms with Gasteiger partial charge < -0.3 is 20.1 Å². The summed E-state index contributed by atoms with van der Waals surface area (Å²) in [6.07, 6.45) is 11.5. The summed E-state index contributed by atoms with van der Waals surface area (Å²) in [7, 11) is 0. The minimum Gasteiger partial charge on any atom is -0.434 e. The van der Waals surface area contributed by atoms with E-state index in [0.717, 1.165) is 44.9 Å². The zero-order valence-corrected chi connectivity index (χ0v) is 19.1.